The van der Waals surface area contributed by atoms with Crippen LogP contribution in [0.4, 0.5) is 0 Å². The Bertz CT molecular complexity index is 1220. The van der Waals surface area contributed by atoms with Crippen LogP contribution in [0, 0.1) is 0 Å². The fourth-order valence-corrected chi connectivity index (χ4v) is 4.87. The molecule has 30 heavy (non-hydrogen) atoms. The van der Waals surface area contributed by atoms with Gasteiger partial charge in [-0.2, -0.15) is 5.10 Å². The smallest absolute Gasteiger partial charge is 0.267 e. The number of methoxy groups -OCH3 is 1. The molecular formula is C21H22N4O4S. The number of hydrogen-bond acceptors (Lipinski definition) is 6. The molecule has 0 saturated carbocycles. The Morgan fingerprint density at radius 2 is 1.93 bits per heavy atom. The zero-order chi connectivity index (χ0) is 21.1. The standard InChI is InChI=1S/C21H22N4O4S/c1-29-18-10-9-14(20-16-7-2-3-8-17(16)21(26)25-24-20)12-19(18)30(27,28)23-13-15-6-4-5-11-22-15/h4-6,9-12,23H,2-3,7-8,13H2,1H3,(H,25,26). The van der Waals surface area contributed by atoms with E-state index in [2.05, 4.69) is 19.9 Å². The average molecular weight is 426 g/mol. The van der Waals surface area contributed by atoms with E-state index < -0.39 is 10.0 Å². The minimum absolute atomic E-state index is 0.0102. The van der Waals surface area contributed by atoms with Crippen molar-refractivity contribution >= 4 is 10.0 Å². The number of ether oxygens (including phenoxy) is 1. The highest BCUT2D eigenvalue weighted by atomic mass is 32.2. The van der Waals surface area contributed by atoms with Crippen molar-refractivity contribution in [1.29, 1.82) is 0 Å². The van der Waals surface area contributed by atoms with Crippen LogP contribution in [-0.2, 0) is 29.4 Å². The van der Waals surface area contributed by atoms with E-state index in [1.807, 2.05) is 0 Å². The van der Waals surface area contributed by atoms with E-state index in [1.165, 1.54) is 13.2 Å². The highest BCUT2D eigenvalue weighted by Crippen LogP contribution is 2.32. The maximum atomic E-state index is 13.0. The minimum atomic E-state index is -3.88. The van der Waals surface area contributed by atoms with Crippen LogP contribution in [0.3, 0.4) is 0 Å². The number of pyridine rings is 1. The van der Waals surface area contributed by atoms with Crippen LogP contribution in [0.2, 0.25) is 0 Å². The van der Waals surface area contributed by atoms with Gasteiger partial charge in [-0.15, -0.1) is 0 Å². The number of aromatic amines is 1. The molecule has 3 aromatic rings. The number of hydrogen-bond donors (Lipinski definition) is 2. The largest absolute Gasteiger partial charge is 0.495 e. The summed E-state index contributed by atoms with van der Waals surface area (Å²) in [5, 5.41) is 6.78. The van der Waals surface area contributed by atoms with Crippen molar-refractivity contribution in [2.45, 2.75) is 37.1 Å². The molecule has 2 heterocycles. The van der Waals surface area contributed by atoms with E-state index in [0.717, 1.165) is 30.4 Å². The van der Waals surface area contributed by atoms with Gasteiger partial charge in [-0.1, -0.05) is 6.07 Å². The van der Waals surface area contributed by atoms with Gasteiger partial charge >= 0.3 is 0 Å². The summed E-state index contributed by atoms with van der Waals surface area (Å²) in [6.07, 6.45) is 4.98. The molecule has 0 radical (unpaired) electrons. The highest BCUT2D eigenvalue weighted by molar-refractivity contribution is 7.89. The molecule has 1 aliphatic carbocycles. The normalized spacial score (nSPS) is 13.6. The molecule has 2 aromatic heterocycles. The molecule has 8 nitrogen and oxygen atoms in total. The summed E-state index contributed by atoms with van der Waals surface area (Å²) < 4.78 is 33.9. The summed E-state index contributed by atoms with van der Waals surface area (Å²) >= 11 is 0. The Balaban J connectivity index is 1.74. The molecule has 0 aliphatic heterocycles. The predicted octanol–water partition coefficient (Wildman–Crippen LogP) is 2.20. The van der Waals surface area contributed by atoms with Crippen molar-refractivity contribution in [3.63, 3.8) is 0 Å². The van der Waals surface area contributed by atoms with E-state index in [4.69, 9.17) is 4.74 Å². The SMILES string of the molecule is COc1ccc(-c2n[nH]c(=O)c3c2CCCC3)cc1S(=O)(=O)NCc1ccccn1. The number of H-pyrrole nitrogens is 1. The van der Waals surface area contributed by atoms with Gasteiger partial charge in [-0.25, -0.2) is 18.2 Å². The number of aromatic nitrogens is 3. The van der Waals surface area contributed by atoms with Gasteiger partial charge in [0, 0.05) is 17.3 Å². The Morgan fingerprint density at radius 3 is 2.67 bits per heavy atom. The van der Waals surface area contributed by atoms with Gasteiger partial charge in [0.25, 0.3) is 5.56 Å². The maximum absolute atomic E-state index is 13.0. The average Bonchev–Trinajstić information content (AvgIpc) is 2.78. The van der Waals surface area contributed by atoms with E-state index >= 15 is 0 Å². The molecule has 4 rings (SSSR count). The number of rotatable bonds is 6. The highest BCUT2D eigenvalue weighted by Gasteiger charge is 2.23. The van der Waals surface area contributed by atoms with Gasteiger partial charge in [0.2, 0.25) is 10.0 Å². The maximum Gasteiger partial charge on any atom is 0.267 e. The van der Waals surface area contributed by atoms with Crippen molar-refractivity contribution in [2.75, 3.05) is 7.11 Å². The number of nitrogens with one attached hydrogen (secondary N) is 2. The quantitative estimate of drug-likeness (QED) is 0.625. The minimum Gasteiger partial charge on any atom is -0.495 e. The van der Waals surface area contributed by atoms with Crippen LogP contribution in [0.1, 0.15) is 29.7 Å². The van der Waals surface area contributed by atoms with Crippen LogP contribution in [0.5, 0.6) is 5.75 Å². The summed E-state index contributed by atoms with van der Waals surface area (Å²) in [6.45, 7) is 0.0584. The van der Waals surface area contributed by atoms with E-state index in [0.29, 0.717) is 23.4 Å². The molecule has 0 bridgehead atoms. The molecule has 0 saturated heterocycles. The Morgan fingerprint density at radius 1 is 1.13 bits per heavy atom. The third kappa shape index (κ3) is 3.99. The molecule has 1 aliphatic rings. The molecule has 0 unspecified atom stereocenters. The van der Waals surface area contributed by atoms with Crippen molar-refractivity contribution in [3.8, 4) is 17.0 Å². The zero-order valence-electron chi connectivity index (χ0n) is 16.5. The molecule has 156 valence electrons. The van der Waals surface area contributed by atoms with E-state index in [1.54, 1.807) is 36.5 Å². The summed E-state index contributed by atoms with van der Waals surface area (Å²) in [5.41, 5.74) is 3.27. The fourth-order valence-electron chi connectivity index (χ4n) is 3.68. The molecule has 2 N–H and O–H groups in total. The molecule has 0 atom stereocenters. The topological polar surface area (TPSA) is 114 Å². The summed E-state index contributed by atoms with van der Waals surface area (Å²) in [6, 6.07) is 10.2. The van der Waals surface area contributed by atoms with Crippen molar-refractivity contribution in [2.24, 2.45) is 0 Å². The second-order valence-corrected chi connectivity index (χ2v) is 8.81. The Labute approximate surface area is 174 Å². The lowest BCUT2D eigenvalue weighted by Crippen LogP contribution is -2.24. The van der Waals surface area contributed by atoms with Gasteiger partial charge < -0.3 is 4.74 Å². The molecule has 0 fully saturated rings. The molecule has 9 heteroatoms. The lowest BCUT2D eigenvalue weighted by molar-refractivity contribution is 0.402. The number of benzene rings is 1. The lowest BCUT2D eigenvalue weighted by Gasteiger charge is -2.18. The van der Waals surface area contributed by atoms with Crippen LogP contribution in [0.25, 0.3) is 11.3 Å². The number of sulfonamides is 1. The number of nitrogens with zero attached hydrogens (tertiary/aromatic N) is 2. The van der Waals surface area contributed by atoms with Gasteiger partial charge in [0.1, 0.15) is 10.6 Å². The van der Waals surface area contributed by atoms with Gasteiger partial charge in [0.05, 0.1) is 25.0 Å². The monoisotopic (exact) mass is 426 g/mol. The van der Waals surface area contributed by atoms with Crippen LogP contribution < -0.4 is 15.0 Å². The third-order valence-corrected chi connectivity index (χ3v) is 6.62. The summed E-state index contributed by atoms with van der Waals surface area (Å²) in [7, 11) is -2.45. The predicted molar refractivity (Wildman–Crippen MR) is 112 cm³/mol. The van der Waals surface area contributed by atoms with Crippen LogP contribution in [-0.4, -0.2) is 30.7 Å². The second kappa shape index (κ2) is 8.37. The van der Waals surface area contributed by atoms with E-state index in [9.17, 15) is 13.2 Å². The molecule has 0 spiro atoms. The zero-order valence-corrected chi connectivity index (χ0v) is 17.3. The summed E-state index contributed by atoms with van der Waals surface area (Å²) in [5.74, 6) is 0.227. The van der Waals surface area contributed by atoms with Crippen molar-refractivity contribution in [1.82, 2.24) is 19.9 Å². The molecular weight excluding hydrogens is 404 g/mol. The van der Waals surface area contributed by atoms with Crippen LogP contribution in [0.15, 0.2) is 52.3 Å². The van der Waals surface area contributed by atoms with E-state index in [-0.39, 0.29) is 22.7 Å². The third-order valence-electron chi connectivity index (χ3n) is 5.19. The Hall–Kier alpha value is -3.04. The Kier molecular flexibility index (Phi) is 5.65. The molecule has 0 amide bonds. The van der Waals surface area contributed by atoms with Gasteiger partial charge in [-0.3, -0.25) is 9.78 Å². The number of fused-ring (bicyclic) bond motifs is 1. The first kappa shape index (κ1) is 20.2. The van der Waals surface area contributed by atoms with Crippen molar-refractivity contribution in [3.05, 3.63) is 69.8 Å². The first-order valence-electron chi connectivity index (χ1n) is 9.68. The first-order valence-corrected chi connectivity index (χ1v) is 11.2. The second-order valence-electron chi connectivity index (χ2n) is 7.08. The molecule has 1 aromatic carbocycles. The van der Waals surface area contributed by atoms with Gasteiger partial charge in [0.15, 0.2) is 0 Å². The first-order chi connectivity index (χ1) is 14.5. The lowest BCUT2D eigenvalue weighted by atomic mass is 9.90. The van der Waals surface area contributed by atoms with Crippen molar-refractivity contribution < 1.29 is 13.2 Å². The fraction of sp³-hybridized carbons (Fsp3) is 0.286. The van der Waals surface area contributed by atoms with Crippen LogP contribution >= 0.6 is 0 Å². The van der Waals surface area contributed by atoms with Gasteiger partial charge in [-0.05, 0) is 61.6 Å². The summed E-state index contributed by atoms with van der Waals surface area (Å²) in [4.78, 5) is 16.3.